The lowest BCUT2D eigenvalue weighted by molar-refractivity contribution is -0.154. The van der Waals surface area contributed by atoms with Gasteiger partial charge in [0, 0.05) is 45.0 Å². The van der Waals surface area contributed by atoms with Crippen LogP contribution in [-0.2, 0) is 0 Å². The molecular formula is C15H22ClF3N4O2. The van der Waals surface area contributed by atoms with Crippen molar-refractivity contribution < 1.29 is 22.7 Å². The quantitative estimate of drug-likeness (QED) is 0.699. The number of hydrogen-bond donors (Lipinski definition) is 2. The number of carbonyl (C=O) groups is 1. The van der Waals surface area contributed by atoms with E-state index in [4.69, 9.17) is 0 Å². The number of ether oxygens (including phenoxy) is 1. The van der Waals surface area contributed by atoms with Gasteiger partial charge in [0.2, 0.25) is 5.88 Å². The van der Waals surface area contributed by atoms with E-state index in [9.17, 15) is 18.0 Å². The summed E-state index contributed by atoms with van der Waals surface area (Å²) in [5.41, 5.74) is 0.288. The Morgan fingerprint density at radius 3 is 2.64 bits per heavy atom. The van der Waals surface area contributed by atoms with Crippen LogP contribution < -0.4 is 15.4 Å². The number of piperazine rings is 1. The number of halogens is 4. The number of carbonyl (C=O) groups excluding carboxylic acids is 1. The van der Waals surface area contributed by atoms with Gasteiger partial charge in [0.1, 0.15) is 0 Å². The summed E-state index contributed by atoms with van der Waals surface area (Å²) >= 11 is 0. The highest BCUT2D eigenvalue weighted by Gasteiger charge is 2.28. The number of hydrogen-bond acceptors (Lipinski definition) is 5. The molecule has 2 N–H and O–H groups in total. The number of nitrogens with one attached hydrogen (secondary N) is 2. The Balaban J connectivity index is 0.00000312. The van der Waals surface area contributed by atoms with Crippen LogP contribution in [0.5, 0.6) is 5.88 Å². The summed E-state index contributed by atoms with van der Waals surface area (Å²) < 4.78 is 40.6. The molecule has 1 fully saturated rings. The Hall–Kier alpha value is -1.58. The third-order valence-electron chi connectivity index (χ3n) is 3.53. The number of aromatic nitrogens is 1. The van der Waals surface area contributed by atoms with Crippen LogP contribution in [0, 0.1) is 0 Å². The number of nitrogens with zero attached hydrogens (tertiary/aromatic N) is 2. The molecule has 142 valence electrons. The predicted molar refractivity (Wildman–Crippen MR) is 89.3 cm³/mol. The Morgan fingerprint density at radius 1 is 1.32 bits per heavy atom. The Labute approximate surface area is 150 Å². The van der Waals surface area contributed by atoms with Gasteiger partial charge in [-0.1, -0.05) is 0 Å². The van der Waals surface area contributed by atoms with Gasteiger partial charge in [-0.25, -0.2) is 4.98 Å². The number of rotatable bonds is 7. The van der Waals surface area contributed by atoms with Gasteiger partial charge in [-0.3, -0.25) is 4.79 Å². The van der Waals surface area contributed by atoms with E-state index >= 15 is 0 Å². The molecule has 0 saturated carbocycles. The maximum Gasteiger partial charge on any atom is 0.422 e. The molecule has 1 aromatic heterocycles. The van der Waals surface area contributed by atoms with Crippen LogP contribution in [0.15, 0.2) is 18.3 Å². The van der Waals surface area contributed by atoms with E-state index in [-0.39, 0.29) is 29.8 Å². The van der Waals surface area contributed by atoms with Gasteiger partial charge in [-0.15, -0.1) is 12.4 Å². The van der Waals surface area contributed by atoms with Gasteiger partial charge >= 0.3 is 6.18 Å². The van der Waals surface area contributed by atoms with Crippen molar-refractivity contribution in [2.24, 2.45) is 0 Å². The van der Waals surface area contributed by atoms with Crippen LogP contribution >= 0.6 is 12.4 Å². The second kappa shape index (κ2) is 10.4. The summed E-state index contributed by atoms with van der Waals surface area (Å²) in [6.07, 6.45) is -2.37. The Kier molecular flexibility index (Phi) is 8.95. The molecule has 2 rings (SSSR count). The van der Waals surface area contributed by atoms with E-state index in [1.807, 2.05) is 0 Å². The average molecular weight is 383 g/mol. The highest BCUT2D eigenvalue weighted by Crippen LogP contribution is 2.17. The normalized spacial score (nSPS) is 15.3. The monoisotopic (exact) mass is 382 g/mol. The predicted octanol–water partition coefficient (Wildman–Crippen LogP) is 1.47. The van der Waals surface area contributed by atoms with Gasteiger partial charge in [0.05, 0.1) is 5.56 Å². The zero-order chi connectivity index (χ0) is 17.4. The smallest absolute Gasteiger partial charge is 0.422 e. The van der Waals surface area contributed by atoms with Gasteiger partial charge in [0.25, 0.3) is 5.91 Å². The maximum absolute atomic E-state index is 12.0. The minimum Gasteiger partial charge on any atom is -0.468 e. The molecule has 0 aromatic carbocycles. The number of amides is 1. The second-order valence-corrected chi connectivity index (χ2v) is 5.49. The first-order valence-corrected chi connectivity index (χ1v) is 7.81. The largest absolute Gasteiger partial charge is 0.468 e. The van der Waals surface area contributed by atoms with Crippen molar-refractivity contribution in [1.29, 1.82) is 0 Å². The molecule has 2 heterocycles. The first-order valence-electron chi connectivity index (χ1n) is 7.81. The molecule has 0 unspecified atom stereocenters. The van der Waals surface area contributed by atoms with Gasteiger partial charge < -0.3 is 20.3 Å². The van der Waals surface area contributed by atoms with Crippen molar-refractivity contribution in [3.8, 4) is 5.88 Å². The first-order chi connectivity index (χ1) is 11.4. The van der Waals surface area contributed by atoms with Crippen LogP contribution in [0.25, 0.3) is 0 Å². The highest BCUT2D eigenvalue weighted by molar-refractivity contribution is 5.93. The van der Waals surface area contributed by atoms with Crippen LogP contribution in [-0.4, -0.2) is 67.8 Å². The molecule has 1 aliphatic heterocycles. The van der Waals surface area contributed by atoms with Crippen molar-refractivity contribution in [1.82, 2.24) is 20.5 Å². The molecule has 0 atom stereocenters. The molecule has 0 spiro atoms. The molecule has 1 amide bonds. The number of pyridine rings is 1. The fraction of sp³-hybridized carbons (Fsp3) is 0.600. The summed E-state index contributed by atoms with van der Waals surface area (Å²) in [7, 11) is 0. The standard InChI is InChI=1S/C15H21F3N4O2.ClH/c16-15(17,18)11-24-13-3-2-12(10-21-13)14(23)20-4-1-7-22-8-5-19-6-9-22;/h2-3,10,19H,1,4-9,11H2,(H,20,23);1H. The molecule has 0 bridgehead atoms. The minimum absolute atomic E-state index is 0. The summed E-state index contributed by atoms with van der Waals surface area (Å²) in [6.45, 7) is 4.05. The summed E-state index contributed by atoms with van der Waals surface area (Å²) in [6, 6.07) is 2.64. The zero-order valence-corrected chi connectivity index (χ0v) is 14.5. The summed E-state index contributed by atoms with van der Waals surface area (Å²) in [5, 5.41) is 6.05. The zero-order valence-electron chi connectivity index (χ0n) is 13.6. The maximum atomic E-state index is 12.0. The third-order valence-corrected chi connectivity index (χ3v) is 3.53. The molecule has 25 heavy (non-hydrogen) atoms. The molecule has 10 heteroatoms. The fourth-order valence-corrected chi connectivity index (χ4v) is 2.30. The van der Waals surface area contributed by atoms with Gasteiger partial charge in [-0.2, -0.15) is 13.2 Å². The summed E-state index contributed by atoms with van der Waals surface area (Å²) in [4.78, 5) is 18.0. The molecule has 1 saturated heterocycles. The van der Waals surface area contributed by atoms with E-state index in [2.05, 4.69) is 25.3 Å². The van der Waals surface area contributed by atoms with E-state index in [1.165, 1.54) is 18.3 Å². The Bertz CT molecular complexity index is 523. The van der Waals surface area contributed by atoms with Gasteiger partial charge in [-0.05, 0) is 19.0 Å². The molecule has 1 aromatic rings. The average Bonchev–Trinajstić information content (AvgIpc) is 2.57. The van der Waals surface area contributed by atoms with Crippen molar-refractivity contribution in [2.75, 3.05) is 45.9 Å². The highest BCUT2D eigenvalue weighted by atomic mass is 35.5. The van der Waals surface area contributed by atoms with Crippen LogP contribution in [0.3, 0.4) is 0 Å². The van der Waals surface area contributed by atoms with Crippen molar-refractivity contribution >= 4 is 18.3 Å². The van der Waals surface area contributed by atoms with Gasteiger partial charge in [0.15, 0.2) is 6.61 Å². The molecule has 0 radical (unpaired) electrons. The minimum atomic E-state index is -4.41. The summed E-state index contributed by atoms with van der Waals surface area (Å²) in [5.74, 6) is -0.465. The van der Waals surface area contributed by atoms with Crippen LogP contribution in [0.4, 0.5) is 13.2 Å². The third kappa shape index (κ3) is 8.37. The van der Waals surface area contributed by atoms with E-state index in [0.29, 0.717) is 6.54 Å². The molecular weight excluding hydrogens is 361 g/mol. The fourth-order valence-electron chi connectivity index (χ4n) is 2.30. The second-order valence-electron chi connectivity index (χ2n) is 5.49. The van der Waals surface area contributed by atoms with Crippen LogP contribution in [0.1, 0.15) is 16.8 Å². The first kappa shape index (κ1) is 21.5. The van der Waals surface area contributed by atoms with Crippen molar-refractivity contribution in [3.63, 3.8) is 0 Å². The Morgan fingerprint density at radius 2 is 2.04 bits per heavy atom. The lowest BCUT2D eigenvalue weighted by Gasteiger charge is -2.27. The van der Waals surface area contributed by atoms with Crippen LogP contribution in [0.2, 0.25) is 0 Å². The van der Waals surface area contributed by atoms with E-state index < -0.39 is 12.8 Å². The lowest BCUT2D eigenvalue weighted by atomic mass is 10.2. The van der Waals surface area contributed by atoms with E-state index in [0.717, 1.165) is 39.1 Å². The van der Waals surface area contributed by atoms with Crippen molar-refractivity contribution in [2.45, 2.75) is 12.6 Å². The SMILES string of the molecule is Cl.O=C(NCCCN1CCNCC1)c1ccc(OCC(F)(F)F)nc1. The molecule has 1 aliphatic rings. The topological polar surface area (TPSA) is 66.5 Å². The number of alkyl halides is 3. The molecule has 6 nitrogen and oxygen atoms in total. The van der Waals surface area contributed by atoms with Crippen molar-refractivity contribution in [3.05, 3.63) is 23.9 Å². The molecule has 0 aliphatic carbocycles. The lowest BCUT2D eigenvalue weighted by Crippen LogP contribution is -2.44. The van der Waals surface area contributed by atoms with E-state index in [1.54, 1.807) is 0 Å².